The summed E-state index contributed by atoms with van der Waals surface area (Å²) in [5, 5.41) is 0. The lowest BCUT2D eigenvalue weighted by atomic mass is 9.94. The van der Waals surface area contributed by atoms with Gasteiger partial charge in [0, 0.05) is 26.2 Å². The highest BCUT2D eigenvalue weighted by Gasteiger charge is 2.41. The summed E-state index contributed by atoms with van der Waals surface area (Å²) < 4.78 is 11.4. The molecule has 2 aromatic rings. The first-order valence-corrected chi connectivity index (χ1v) is 6.59. The van der Waals surface area contributed by atoms with E-state index in [1.165, 1.54) is 22.3 Å². The van der Waals surface area contributed by atoms with Gasteiger partial charge in [-0.05, 0) is 23.1 Å². The fourth-order valence-electron chi connectivity index (χ4n) is 3.03. The van der Waals surface area contributed by atoms with Crippen molar-refractivity contribution in [2.75, 3.05) is 14.2 Å². The molecule has 0 amide bonds. The van der Waals surface area contributed by atoms with Crippen molar-refractivity contribution >= 4 is 0 Å². The van der Waals surface area contributed by atoms with E-state index in [2.05, 4.69) is 42.5 Å². The Balaban J connectivity index is 2.22. The van der Waals surface area contributed by atoms with Crippen LogP contribution in [-0.4, -0.2) is 14.2 Å². The van der Waals surface area contributed by atoms with E-state index in [0.29, 0.717) is 0 Å². The molecule has 0 aromatic heterocycles. The molecule has 0 saturated carbocycles. The first kappa shape index (κ1) is 12.4. The van der Waals surface area contributed by atoms with E-state index in [-0.39, 0.29) is 0 Å². The summed E-state index contributed by atoms with van der Waals surface area (Å²) in [6.45, 7) is 0. The average molecular weight is 254 g/mol. The SMILES string of the molecule is COC1(OC)CCc2cccc(-c3ccccc3)c21. The Bertz CT molecular complexity index is 571. The Kier molecular flexibility index (Phi) is 3.13. The molecule has 2 heteroatoms. The Morgan fingerprint density at radius 3 is 2.32 bits per heavy atom. The second kappa shape index (κ2) is 4.80. The highest BCUT2D eigenvalue weighted by Crippen LogP contribution is 2.45. The summed E-state index contributed by atoms with van der Waals surface area (Å²) in [6.07, 6.45) is 1.87. The molecule has 0 unspecified atom stereocenters. The fourth-order valence-corrected chi connectivity index (χ4v) is 3.03. The monoisotopic (exact) mass is 254 g/mol. The maximum Gasteiger partial charge on any atom is 0.195 e. The number of hydrogen-bond donors (Lipinski definition) is 0. The third kappa shape index (κ3) is 1.88. The molecule has 98 valence electrons. The number of fused-ring (bicyclic) bond motifs is 1. The Morgan fingerprint density at radius 1 is 0.895 bits per heavy atom. The number of benzene rings is 2. The van der Waals surface area contributed by atoms with Gasteiger partial charge in [0.2, 0.25) is 0 Å². The van der Waals surface area contributed by atoms with Gasteiger partial charge in [-0.3, -0.25) is 0 Å². The predicted octanol–water partition coefficient (Wildman–Crippen LogP) is 3.75. The summed E-state index contributed by atoms with van der Waals surface area (Å²) >= 11 is 0. The number of hydrogen-bond acceptors (Lipinski definition) is 2. The lowest BCUT2D eigenvalue weighted by Gasteiger charge is -2.29. The Morgan fingerprint density at radius 2 is 1.63 bits per heavy atom. The number of rotatable bonds is 3. The quantitative estimate of drug-likeness (QED) is 0.777. The standard InChI is InChI=1S/C17H18O2/c1-18-17(19-2)12-11-14-9-6-10-15(16(14)17)13-7-4-3-5-8-13/h3-10H,11-12H2,1-2H3. The number of aryl methyl sites for hydroxylation is 1. The average Bonchev–Trinajstić information content (AvgIpc) is 2.87. The van der Waals surface area contributed by atoms with E-state index in [0.717, 1.165) is 12.8 Å². The van der Waals surface area contributed by atoms with E-state index in [9.17, 15) is 0 Å². The zero-order valence-corrected chi connectivity index (χ0v) is 11.3. The molecule has 0 heterocycles. The molecule has 2 aromatic carbocycles. The van der Waals surface area contributed by atoms with Crippen molar-refractivity contribution in [1.29, 1.82) is 0 Å². The van der Waals surface area contributed by atoms with Gasteiger partial charge in [0.05, 0.1) is 0 Å². The summed E-state index contributed by atoms with van der Waals surface area (Å²) in [7, 11) is 3.45. The van der Waals surface area contributed by atoms with Crippen LogP contribution in [0.3, 0.4) is 0 Å². The Labute approximate surface area is 114 Å². The van der Waals surface area contributed by atoms with Crippen LogP contribution >= 0.6 is 0 Å². The number of methoxy groups -OCH3 is 2. The van der Waals surface area contributed by atoms with Crippen LogP contribution in [0.5, 0.6) is 0 Å². The van der Waals surface area contributed by atoms with Crippen LogP contribution in [0.1, 0.15) is 17.5 Å². The van der Waals surface area contributed by atoms with Gasteiger partial charge < -0.3 is 9.47 Å². The fraction of sp³-hybridized carbons (Fsp3) is 0.294. The molecule has 0 spiro atoms. The van der Waals surface area contributed by atoms with Gasteiger partial charge in [-0.1, -0.05) is 48.5 Å². The van der Waals surface area contributed by atoms with Crippen LogP contribution in [0.2, 0.25) is 0 Å². The Hall–Kier alpha value is -1.64. The van der Waals surface area contributed by atoms with Crippen molar-refractivity contribution in [3.8, 4) is 11.1 Å². The van der Waals surface area contributed by atoms with Crippen LogP contribution in [-0.2, 0) is 21.7 Å². The second-order valence-electron chi connectivity index (χ2n) is 4.87. The summed E-state index contributed by atoms with van der Waals surface area (Å²) in [4.78, 5) is 0. The molecule has 19 heavy (non-hydrogen) atoms. The molecule has 1 aliphatic carbocycles. The van der Waals surface area contributed by atoms with Gasteiger partial charge >= 0.3 is 0 Å². The highest BCUT2D eigenvalue weighted by atomic mass is 16.7. The van der Waals surface area contributed by atoms with Crippen molar-refractivity contribution in [2.45, 2.75) is 18.6 Å². The molecule has 2 nitrogen and oxygen atoms in total. The summed E-state index contributed by atoms with van der Waals surface area (Å²) in [5.41, 5.74) is 4.93. The second-order valence-corrected chi connectivity index (χ2v) is 4.87. The largest absolute Gasteiger partial charge is 0.349 e. The lowest BCUT2D eigenvalue weighted by molar-refractivity contribution is -0.213. The summed E-state index contributed by atoms with van der Waals surface area (Å²) in [6, 6.07) is 16.8. The van der Waals surface area contributed by atoms with Gasteiger partial charge in [0.25, 0.3) is 0 Å². The molecule has 0 saturated heterocycles. The molecular weight excluding hydrogens is 236 g/mol. The minimum Gasteiger partial charge on any atom is -0.349 e. The topological polar surface area (TPSA) is 18.5 Å². The van der Waals surface area contributed by atoms with Crippen molar-refractivity contribution in [2.24, 2.45) is 0 Å². The van der Waals surface area contributed by atoms with Crippen molar-refractivity contribution < 1.29 is 9.47 Å². The molecular formula is C17H18O2. The van der Waals surface area contributed by atoms with E-state index < -0.39 is 5.79 Å². The normalized spacial score (nSPS) is 16.3. The zero-order chi connectivity index (χ0) is 13.3. The maximum atomic E-state index is 5.71. The molecule has 0 bridgehead atoms. The van der Waals surface area contributed by atoms with Crippen LogP contribution in [0.25, 0.3) is 11.1 Å². The maximum absolute atomic E-state index is 5.71. The third-order valence-electron chi connectivity index (χ3n) is 4.00. The van der Waals surface area contributed by atoms with Crippen molar-refractivity contribution in [3.05, 3.63) is 59.7 Å². The molecule has 3 rings (SSSR count). The van der Waals surface area contributed by atoms with Crippen LogP contribution in [0.4, 0.5) is 0 Å². The van der Waals surface area contributed by atoms with Crippen LogP contribution < -0.4 is 0 Å². The van der Waals surface area contributed by atoms with Gasteiger partial charge in [-0.25, -0.2) is 0 Å². The molecule has 0 N–H and O–H groups in total. The molecule has 0 fully saturated rings. The molecule has 0 atom stereocenters. The smallest absolute Gasteiger partial charge is 0.195 e. The molecule has 0 radical (unpaired) electrons. The van der Waals surface area contributed by atoms with Crippen LogP contribution in [0.15, 0.2) is 48.5 Å². The minimum atomic E-state index is -0.595. The van der Waals surface area contributed by atoms with E-state index in [4.69, 9.17) is 9.47 Å². The first-order valence-electron chi connectivity index (χ1n) is 6.59. The first-order chi connectivity index (χ1) is 9.30. The van der Waals surface area contributed by atoms with Crippen molar-refractivity contribution in [1.82, 2.24) is 0 Å². The minimum absolute atomic E-state index is 0.595. The lowest BCUT2D eigenvalue weighted by Crippen LogP contribution is -2.28. The molecule has 0 aliphatic heterocycles. The predicted molar refractivity (Wildman–Crippen MR) is 75.9 cm³/mol. The van der Waals surface area contributed by atoms with Crippen LogP contribution in [0, 0.1) is 0 Å². The zero-order valence-electron chi connectivity index (χ0n) is 11.3. The van der Waals surface area contributed by atoms with Gasteiger partial charge in [0.1, 0.15) is 0 Å². The van der Waals surface area contributed by atoms with E-state index in [1.807, 2.05) is 6.07 Å². The van der Waals surface area contributed by atoms with Crippen molar-refractivity contribution in [3.63, 3.8) is 0 Å². The van der Waals surface area contributed by atoms with E-state index in [1.54, 1.807) is 14.2 Å². The highest BCUT2D eigenvalue weighted by molar-refractivity contribution is 5.70. The number of ether oxygens (including phenoxy) is 2. The molecule has 1 aliphatic rings. The summed E-state index contributed by atoms with van der Waals surface area (Å²) in [5.74, 6) is -0.595. The van der Waals surface area contributed by atoms with Gasteiger partial charge in [-0.15, -0.1) is 0 Å². The van der Waals surface area contributed by atoms with Gasteiger partial charge in [-0.2, -0.15) is 0 Å². The third-order valence-corrected chi connectivity index (χ3v) is 4.00. The van der Waals surface area contributed by atoms with E-state index >= 15 is 0 Å². The van der Waals surface area contributed by atoms with Gasteiger partial charge in [0.15, 0.2) is 5.79 Å².